The van der Waals surface area contributed by atoms with Gasteiger partial charge in [0.15, 0.2) is 14.1 Å². The monoisotopic (exact) mass is 571 g/mol. The fraction of sp³-hybridized carbons (Fsp3) is 0.615. The average molecular weight is 572 g/mol. The second kappa shape index (κ2) is 12.0. The molecular formula is C26H41N9O4Si. The van der Waals surface area contributed by atoms with Crippen LogP contribution < -0.4 is 10.2 Å². The Bertz CT molecular complexity index is 1310. The van der Waals surface area contributed by atoms with E-state index in [0.29, 0.717) is 69.1 Å². The van der Waals surface area contributed by atoms with Gasteiger partial charge in [-0.15, -0.1) is 0 Å². The molecular weight excluding hydrogens is 530 g/mol. The molecule has 1 amide bonds. The van der Waals surface area contributed by atoms with Gasteiger partial charge in [0.1, 0.15) is 28.9 Å². The van der Waals surface area contributed by atoms with E-state index in [4.69, 9.17) is 24.2 Å². The summed E-state index contributed by atoms with van der Waals surface area (Å²) in [4.78, 5) is 33.4. The standard InChI is InChI=1S/C26H41N9O4Si/c1-8-38-14-13-35-22-21(19(32-35)16-39-40(6,7)26(3,4)5)30-24(31-23(22)29-20-9-10-27-17-28-20)33-11-12-34(25(36)37)18(2)15-33/h9-10,17-18H,8,11-16H2,1-7H3,(H,36,37)(H,27,28,29,30,31)/t18-/m1/s1. The van der Waals surface area contributed by atoms with Crippen LogP contribution in [0.5, 0.6) is 0 Å². The third-order valence-electron chi connectivity index (χ3n) is 7.66. The Morgan fingerprint density at radius 1 is 1.25 bits per heavy atom. The molecule has 1 aliphatic heterocycles. The van der Waals surface area contributed by atoms with E-state index in [1.165, 1.54) is 11.2 Å². The van der Waals surface area contributed by atoms with Crippen LogP contribution in [0.2, 0.25) is 18.1 Å². The largest absolute Gasteiger partial charge is 0.465 e. The Balaban J connectivity index is 1.80. The molecule has 0 bridgehead atoms. The molecule has 1 atom stereocenters. The third kappa shape index (κ3) is 6.50. The summed E-state index contributed by atoms with van der Waals surface area (Å²) in [5.41, 5.74) is 2.14. The fourth-order valence-electron chi connectivity index (χ4n) is 4.29. The van der Waals surface area contributed by atoms with E-state index < -0.39 is 14.4 Å². The highest BCUT2D eigenvalue weighted by atomic mass is 28.4. The molecule has 3 aromatic rings. The highest BCUT2D eigenvalue weighted by Crippen LogP contribution is 2.38. The van der Waals surface area contributed by atoms with Gasteiger partial charge in [0.05, 0.1) is 19.8 Å². The van der Waals surface area contributed by atoms with Gasteiger partial charge in [-0.3, -0.25) is 4.68 Å². The summed E-state index contributed by atoms with van der Waals surface area (Å²) in [7, 11) is -2.07. The zero-order valence-corrected chi connectivity index (χ0v) is 25.5. The molecule has 0 radical (unpaired) electrons. The van der Waals surface area contributed by atoms with Crippen molar-refractivity contribution in [3.8, 4) is 0 Å². The number of anilines is 3. The highest BCUT2D eigenvalue weighted by molar-refractivity contribution is 6.74. The van der Waals surface area contributed by atoms with E-state index in [1.807, 2.05) is 23.4 Å². The molecule has 1 saturated heterocycles. The predicted molar refractivity (Wildman–Crippen MR) is 156 cm³/mol. The molecule has 0 spiro atoms. The van der Waals surface area contributed by atoms with Crippen molar-refractivity contribution in [2.24, 2.45) is 0 Å². The first kappa shape index (κ1) is 29.6. The van der Waals surface area contributed by atoms with Gasteiger partial charge >= 0.3 is 6.09 Å². The number of carbonyl (C=O) groups is 1. The number of hydrogen-bond donors (Lipinski definition) is 2. The van der Waals surface area contributed by atoms with E-state index in [0.717, 1.165) is 11.2 Å². The zero-order chi connectivity index (χ0) is 29.1. The van der Waals surface area contributed by atoms with Gasteiger partial charge < -0.3 is 29.4 Å². The number of piperazine rings is 1. The number of rotatable bonds is 10. The number of nitrogens with zero attached hydrogens (tertiary/aromatic N) is 8. The van der Waals surface area contributed by atoms with Crippen LogP contribution in [-0.4, -0.2) is 93.0 Å². The molecule has 13 nitrogen and oxygen atoms in total. The van der Waals surface area contributed by atoms with E-state index in [1.54, 1.807) is 12.3 Å². The van der Waals surface area contributed by atoms with Gasteiger partial charge in [-0.25, -0.2) is 19.7 Å². The number of fused-ring (bicyclic) bond motifs is 1. The summed E-state index contributed by atoms with van der Waals surface area (Å²) in [5, 5.41) is 17.9. The van der Waals surface area contributed by atoms with E-state index in [2.05, 4.69) is 49.1 Å². The van der Waals surface area contributed by atoms with Crippen molar-refractivity contribution in [1.29, 1.82) is 0 Å². The van der Waals surface area contributed by atoms with Crippen molar-refractivity contribution in [2.75, 3.05) is 43.1 Å². The Hall–Kier alpha value is -3.36. The molecule has 1 fully saturated rings. The van der Waals surface area contributed by atoms with Crippen LogP contribution in [0.3, 0.4) is 0 Å². The minimum atomic E-state index is -2.07. The van der Waals surface area contributed by atoms with Gasteiger partial charge in [-0.2, -0.15) is 10.1 Å². The normalized spacial score (nSPS) is 16.5. The van der Waals surface area contributed by atoms with Crippen LogP contribution >= 0.6 is 0 Å². The molecule has 218 valence electrons. The van der Waals surface area contributed by atoms with Gasteiger partial charge in [-0.05, 0) is 38.0 Å². The minimum absolute atomic E-state index is 0.0418. The lowest BCUT2D eigenvalue weighted by Gasteiger charge is -2.38. The van der Waals surface area contributed by atoms with E-state index in [-0.39, 0.29) is 11.1 Å². The molecule has 1 aliphatic rings. The summed E-state index contributed by atoms with van der Waals surface area (Å²) in [6, 6.07) is 1.56. The molecule has 4 heterocycles. The van der Waals surface area contributed by atoms with Crippen molar-refractivity contribution >= 4 is 43.0 Å². The summed E-state index contributed by atoms with van der Waals surface area (Å²) < 4.78 is 14.1. The van der Waals surface area contributed by atoms with Gasteiger partial charge in [0.25, 0.3) is 0 Å². The molecule has 2 N–H and O–H groups in total. The molecule has 4 rings (SSSR count). The first-order valence-electron chi connectivity index (χ1n) is 13.7. The number of aromatic nitrogens is 6. The van der Waals surface area contributed by atoms with Crippen molar-refractivity contribution in [3.63, 3.8) is 0 Å². The lowest BCUT2D eigenvalue weighted by atomic mass is 10.2. The number of nitrogens with one attached hydrogen (secondary N) is 1. The van der Waals surface area contributed by atoms with Crippen molar-refractivity contribution in [3.05, 3.63) is 24.3 Å². The second-order valence-electron chi connectivity index (χ2n) is 11.5. The molecule has 40 heavy (non-hydrogen) atoms. The molecule has 0 saturated carbocycles. The maximum absolute atomic E-state index is 11.6. The highest BCUT2D eigenvalue weighted by Gasteiger charge is 2.38. The van der Waals surface area contributed by atoms with Crippen molar-refractivity contribution in [1.82, 2.24) is 34.6 Å². The summed E-state index contributed by atoms with van der Waals surface area (Å²) >= 11 is 0. The van der Waals surface area contributed by atoms with Crippen LogP contribution in [0, 0.1) is 0 Å². The average Bonchev–Trinajstić information content (AvgIpc) is 3.25. The molecule has 3 aromatic heterocycles. The maximum atomic E-state index is 11.6. The SMILES string of the molecule is CCOCCn1nc(CO[Si](C)(C)C(C)(C)C)c2nc(N3CCN(C(=O)O)[C@H](C)C3)nc(Nc3ccncn3)c21. The van der Waals surface area contributed by atoms with Crippen LogP contribution in [0.15, 0.2) is 18.6 Å². The van der Waals surface area contributed by atoms with Gasteiger partial charge in [0.2, 0.25) is 5.95 Å². The Kier molecular flexibility index (Phi) is 8.90. The maximum Gasteiger partial charge on any atom is 0.407 e. The predicted octanol–water partition coefficient (Wildman–Crippen LogP) is 4.11. The van der Waals surface area contributed by atoms with Gasteiger partial charge in [-0.1, -0.05) is 20.8 Å². The molecule has 0 aliphatic carbocycles. The summed E-state index contributed by atoms with van der Waals surface area (Å²) in [6.07, 6.45) is 2.21. The third-order valence-corrected chi connectivity index (χ3v) is 12.1. The van der Waals surface area contributed by atoms with Crippen molar-refractivity contribution < 1.29 is 19.1 Å². The Morgan fingerprint density at radius 3 is 2.65 bits per heavy atom. The second-order valence-corrected chi connectivity index (χ2v) is 16.3. The number of amides is 1. The Morgan fingerprint density at radius 2 is 2.02 bits per heavy atom. The smallest absolute Gasteiger partial charge is 0.407 e. The molecule has 14 heteroatoms. The lowest BCUT2D eigenvalue weighted by molar-refractivity contribution is 0.122. The van der Waals surface area contributed by atoms with E-state index in [9.17, 15) is 9.90 Å². The summed E-state index contributed by atoms with van der Waals surface area (Å²) in [5.74, 6) is 1.63. The fourth-order valence-corrected chi connectivity index (χ4v) is 5.22. The van der Waals surface area contributed by atoms with Gasteiger partial charge in [0, 0.05) is 38.5 Å². The number of hydrogen-bond acceptors (Lipinski definition) is 10. The quantitative estimate of drug-likeness (QED) is 0.268. The first-order chi connectivity index (χ1) is 18.9. The molecule has 0 aromatic carbocycles. The number of ether oxygens (including phenoxy) is 1. The van der Waals surface area contributed by atoms with Crippen molar-refractivity contribution in [2.45, 2.75) is 71.9 Å². The topological polar surface area (TPSA) is 144 Å². The Labute approximate surface area is 236 Å². The van der Waals surface area contributed by atoms with E-state index >= 15 is 0 Å². The number of carboxylic acid groups (broad SMARTS) is 1. The first-order valence-corrected chi connectivity index (χ1v) is 16.6. The van der Waals surface area contributed by atoms with Crippen LogP contribution in [0.1, 0.15) is 40.3 Å². The minimum Gasteiger partial charge on any atom is -0.465 e. The lowest BCUT2D eigenvalue weighted by Crippen LogP contribution is -2.54. The van der Waals surface area contributed by atoms with Crippen LogP contribution in [0.4, 0.5) is 22.4 Å². The van der Waals surface area contributed by atoms with Crippen LogP contribution in [0.25, 0.3) is 11.0 Å². The van der Waals surface area contributed by atoms with Crippen LogP contribution in [-0.2, 0) is 22.3 Å². The molecule has 0 unspecified atom stereocenters. The summed E-state index contributed by atoms with van der Waals surface area (Å²) in [6.45, 7) is 18.1. The zero-order valence-electron chi connectivity index (χ0n) is 24.5.